The van der Waals surface area contributed by atoms with E-state index in [9.17, 15) is 32.7 Å². The molecule has 0 aliphatic heterocycles. The normalized spacial score (nSPS) is 15.4. The molecule has 46 heavy (non-hydrogen) atoms. The molecule has 0 heterocycles. The van der Waals surface area contributed by atoms with Crippen molar-refractivity contribution in [2.75, 3.05) is 10.6 Å². The number of rotatable bonds is 8. The fourth-order valence-corrected chi connectivity index (χ4v) is 6.65. The fourth-order valence-electron chi connectivity index (χ4n) is 6.08. The maximum Gasteiger partial charge on any atom is 0.573 e. The van der Waals surface area contributed by atoms with E-state index in [0.29, 0.717) is 18.4 Å². The number of halogens is 5. The minimum absolute atomic E-state index is 0.00734. The van der Waals surface area contributed by atoms with Crippen LogP contribution in [0, 0.1) is 10.8 Å². The Hall–Kier alpha value is -3.96. The molecule has 1 atom stereocenters. The van der Waals surface area contributed by atoms with Gasteiger partial charge in [-0.2, -0.15) is 0 Å². The van der Waals surface area contributed by atoms with Crippen LogP contribution in [-0.2, 0) is 4.79 Å². The summed E-state index contributed by atoms with van der Waals surface area (Å²) in [4.78, 5) is 39.7. The predicted molar refractivity (Wildman–Crippen MR) is 172 cm³/mol. The number of carboxylic acids is 1. The number of carbonyl (C=O) groups is 3. The molecule has 0 spiro atoms. The van der Waals surface area contributed by atoms with E-state index < -0.39 is 46.9 Å². The van der Waals surface area contributed by atoms with Crippen LogP contribution >= 0.6 is 23.2 Å². The minimum Gasteiger partial charge on any atom is -0.480 e. The highest BCUT2D eigenvalue weighted by Crippen LogP contribution is 2.52. The van der Waals surface area contributed by atoms with Gasteiger partial charge in [-0.05, 0) is 41.5 Å². The first-order chi connectivity index (χ1) is 21.5. The number of aliphatic carboxylic acids is 1. The molecule has 4 N–H and O–H groups in total. The van der Waals surface area contributed by atoms with Crippen molar-refractivity contribution >= 4 is 52.5 Å². The summed E-state index contributed by atoms with van der Waals surface area (Å²) >= 11 is 12.2. The highest BCUT2D eigenvalue weighted by molar-refractivity contribution is 6.40. The number of nitrogens with one attached hydrogen (secondary N) is 3. The first kappa shape index (κ1) is 34.9. The highest BCUT2D eigenvalue weighted by Gasteiger charge is 2.52. The van der Waals surface area contributed by atoms with Crippen LogP contribution in [0.5, 0.6) is 5.75 Å². The maximum absolute atomic E-state index is 13.8. The molecule has 3 aromatic carbocycles. The van der Waals surface area contributed by atoms with Crippen LogP contribution in [-0.4, -0.2) is 35.4 Å². The second kappa shape index (κ2) is 13.8. The number of carboxylic acid groups (broad SMARTS) is 1. The molecule has 3 aromatic rings. The van der Waals surface area contributed by atoms with Crippen molar-refractivity contribution in [2.24, 2.45) is 10.8 Å². The lowest BCUT2D eigenvalue weighted by Crippen LogP contribution is -2.58. The van der Waals surface area contributed by atoms with Crippen LogP contribution in [0.4, 0.5) is 29.3 Å². The summed E-state index contributed by atoms with van der Waals surface area (Å²) in [5.74, 6) is -2.54. The van der Waals surface area contributed by atoms with Gasteiger partial charge in [0.15, 0.2) is 0 Å². The minimum atomic E-state index is -4.98. The summed E-state index contributed by atoms with van der Waals surface area (Å²) in [7, 11) is 0. The number of amides is 3. The molecule has 8 nitrogen and oxygen atoms in total. The number of anilines is 2. The van der Waals surface area contributed by atoms with Gasteiger partial charge in [0.1, 0.15) is 11.8 Å². The van der Waals surface area contributed by atoms with Gasteiger partial charge in [0, 0.05) is 17.5 Å². The van der Waals surface area contributed by atoms with Crippen molar-refractivity contribution in [3.8, 4) is 16.9 Å². The smallest absolute Gasteiger partial charge is 0.480 e. The number of alkyl halides is 3. The predicted octanol–water partition coefficient (Wildman–Crippen LogP) is 9.38. The molecule has 4 rings (SSSR count). The van der Waals surface area contributed by atoms with Gasteiger partial charge >= 0.3 is 18.4 Å². The lowest BCUT2D eigenvalue weighted by molar-refractivity contribution is -0.274. The lowest BCUT2D eigenvalue weighted by atomic mass is 9.55. The Labute approximate surface area is 274 Å². The van der Waals surface area contributed by atoms with Crippen molar-refractivity contribution in [1.82, 2.24) is 5.32 Å². The van der Waals surface area contributed by atoms with E-state index >= 15 is 0 Å². The standard InChI is InChI=1S/C33H34Cl2F3N3O5/c1-31(2,3)32(14-8-5-9-15-32)27(29(43)44)41-28(42)22-13-12-20(19-10-6-4-7-11-19)16-25(22)39-30(45)40-26-23(34)17-21(18-24(26)35)46-33(36,37)38/h4,6-7,10-13,16-18,27H,5,8-9,14-15H2,1-3H3,(H,41,42)(H,43,44)(H2,39,40,45)/t27-/m1/s1. The summed E-state index contributed by atoms with van der Waals surface area (Å²) in [5, 5.41) is 17.5. The number of urea groups is 1. The van der Waals surface area contributed by atoms with Crippen LogP contribution in [0.2, 0.25) is 10.0 Å². The second-order valence-electron chi connectivity index (χ2n) is 12.2. The SMILES string of the molecule is CC(C)(C)C1([C@H](NC(=O)c2ccc(-c3ccccc3)cc2NC(=O)Nc2c(Cl)cc(OC(F)(F)F)cc2Cl)C(=O)O)CCCCC1. The second-order valence-corrected chi connectivity index (χ2v) is 13.0. The molecule has 1 fully saturated rings. The van der Waals surface area contributed by atoms with Gasteiger partial charge in [-0.15, -0.1) is 13.2 Å². The Morgan fingerprint density at radius 2 is 1.48 bits per heavy atom. The molecule has 0 bridgehead atoms. The van der Waals surface area contributed by atoms with Crippen molar-refractivity contribution in [2.45, 2.75) is 65.3 Å². The van der Waals surface area contributed by atoms with Gasteiger partial charge in [0.05, 0.1) is 27.0 Å². The van der Waals surface area contributed by atoms with E-state index in [0.717, 1.165) is 37.0 Å². The molecule has 246 valence electrons. The molecule has 0 saturated heterocycles. The zero-order chi connectivity index (χ0) is 33.9. The van der Waals surface area contributed by atoms with Crippen LogP contribution < -0.4 is 20.7 Å². The van der Waals surface area contributed by atoms with E-state index in [1.165, 1.54) is 6.07 Å². The summed E-state index contributed by atoms with van der Waals surface area (Å²) in [6, 6.07) is 13.4. The van der Waals surface area contributed by atoms with Gasteiger partial charge < -0.3 is 25.8 Å². The molecule has 3 amide bonds. The Kier molecular flexibility index (Phi) is 10.5. The quantitative estimate of drug-likeness (QED) is 0.189. The number of carbonyl (C=O) groups excluding carboxylic acids is 2. The zero-order valence-corrected chi connectivity index (χ0v) is 26.9. The summed E-state index contributed by atoms with van der Waals surface area (Å²) < 4.78 is 41.9. The van der Waals surface area contributed by atoms with Crippen molar-refractivity contribution in [3.63, 3.8) is 0 Å². The Bertz CT molecular complexity index is 1580. The highest BCUT2D eigenvalue weighted by atomic mass is 35.5. The first-order valence-electron chi connectivity index (χ1n) is 14.6. The topological polar surface area (TPSA) is 117 Å². The van der Waals surface area contributed by atoms with E-state index in [-0.39, 0.29) is 27.0 Å². The van der Waals surface area contributed by atoms with Crippen LogP contribution in [0.1, 0.15) is 63.2 Å². The molecule has 1 saturated carbocycles. The molecular formula is C33H34Cl2F3N3O5. The molecule has 0 radical (unpaired) electrons. The van der Waals surface area contributed by atoms with Crippen LogP contribution in [0.3, 0.4) is 0 Å². The van der Waals surface area contributed by atoms with E-state index in [4.69, 9.17) is 23.2 Å². The van der Waals surface area contributed by atoms with Gasteiger partial charge in [-0.1, -0.05) is 99.6 Å². The largest absolute Gasteiger partial charge is 0.573 e. The Balaban J connectivity index is 1.67. The van der Waals surface area contributed by atoms with Gasteiger partial charge in [0.25, 0.3) is 5.91 Å². The lowest BCUT2D eigenvalue weighted by Gasteiger charge is -2.51. The molecule has 0 unspecified atom stereocenters. The molecular weight excluding hydrogens is 646 g/mol. The average Bonchev–Trinajstić information content (AvgIpc) is 2.97. The first-order valence-corrected chi connectivity index (χ1v) is 15.3. The number of ether oxygens (including phenoxy) is 1. The third kappa shape index (κ3) is 8.06. The van der Waals surface area contributed by atoms with Crippen molar-refractivity contribution < 1.29 is 37.4 Å². The number of hydrogen-bond acceptors (Lipinski definition) is 4. The van der Waals surface area contributed by atoms with Crippen molar-refractivity contribution in [1.29, 1.82) is 0 Å². The van der Waals surface area contributed by atoms with Gasteiger partial charge in [0.2, 0.25) is 0 Å². The Morgan fingerprint density at radius 3 is 2.02 bits per heavy atom. The summed E-state index contributed by atoms with van der Waals surface area (Å²) in [5.41, 5.74) is 0.103. The average molecular weight is 681 g/mol. The third-order valence-electron chi connectivity index (χ3n) is 8.42. The number of benzene rings is 3. The zero-order valence-electron chi connectivity index (χ0n) is 25.4. The van der Waals surface area contributed by atoms with Crippen molar-refractivity contribution in [3.05, 3.63) is 76.3 Å². The molecule has 13 heteroatoms. The fraction of sp³-hybridized carbons (Fsp3) is 0.364. The summed E-state index contributed by atoms with van der Waals surface area (Å²) in [6.45, 7) is 5.93. The van der Waals surface area contributed by atoms with Crippen LogP contribution in [0.25, 0.3) is 11.1 Å². The van der Waals surface area contributed by atoms with Gasteiger partial charge in [-0.3, -0.25) is 4.79 Å². The number of hydrogen-bond donors (Lipinski definition) is 4. The van der Waals surface area contributed by atoms with Crippen LogP contribution in [0.15, 0.2) is 60.7 Å². The Morgan fingerprint density at radius 1 is 0.870 bits per heavy atom. The van der Waals surface area contributed by atoms with E-state index in [1.54, 1.807) is 12.1 Å². The molecule has 1 aliphatic rings. The molecule has 1 aliphatic carbocycles. The van der Waals surface area contributed by atoms with E-state index in [1.807, 2.05) is 51.1 Å². The monoisotopic (exact) mass is 679 g/mol. The summed E-state index contributed by atoms with van der Waals surface area (Å²) in [6.07, 6.45) is -1.07. The third-order valence-corrected chi connectivity index (χ3v) is 9.02. The molecule has 0 aromatic heterocycles. The maximum atomic E-state index is 13.8. The van der Waals surface area contributed by atoms with E-state index in [2.05, 4.69) is 20.7 Å². The van der Waals surface area contributed by atoms with Gasteiger partial charge in [-0.25, -0.2) is 9.59 Å².